The van der Waals surface area contributed by atoms with Gasteiger partial charge in [0.2, 0.25) is 6.29 Å². The molecule has 5 unspecified atom stereocenters. The number of aliphatic hydroxyl groups is 2. The lowest BCUT2D eigenvalue weighted by Gasteiger charge is -2.12. The summed E-state index contributed by atoms with van der Waals surface area (Å²) in [4.78, 5) is 23.9. The van der Waals surface area contributed by atoms with Gasteiger partial charge in [-0.3, -0.25) is 9.59 Å². The molecule has 8 heteroatoms. The first-order valence-corrected chi connectivity index (χ1v) is 19.0. The Labute approximate surface area is 274 Å². The predicted molar refractivity (Wildman–Crippen MR) is 178 cm³/mol. The molecule has 0 bridgehead atoms. The number of esters is 2. The van der Waals surface area contributed by atoms with Gasteiger partial charge in [0.25, 0.3) is 0 Å². The molecule has 2 aliphatic heterocycles. The fourth-order valence-corrected chi connectivity index (χ4v) is 6.26. The highest BCUT2D eigenvalue weighted by atomic mass is 16.7. The van der Waals surface area contributed by atoms with E-state index in [4.69, 9.17) is 24.1 Å². The molecular weight excluding hydrogens is 572 g/mol. The second-order valence-corrected chi connectivity index (χ2v) is 13.5. The normalized spacial score (nSPS) is 21.0. The van der Waals surface area contributed by atoms with Crippen molar-refractivity contribution in [3.8, 4) is 0 Å². The number of carbonyl (C=O) groups excluding carboxylic acids is 2. The van der Waals surface area contributed by atoms with Crippen molar-refractivity contribution in [2.75, 3.05) is 13.2 Å². The van der Waals surface area contributed by atoms with Gasteiger partial charge in [-0.15, -0.1) is 0 Å². The molecule has 2 saturated heterocycles. The molecule has 264 valence electrons. The van der Waals surface area contributed by atoms with Gasteiger partial charge in [-0.2, -0.15) is 0 Å². The summed E-state index contributed by atoms with van der Waals surface area (Å²) in [6.07, 6.45) is 29.7. The molecular formula is C37H68O8. The monoisotopic (exact) mass is 640 g/mol. The first-order chi connectivity index (χ1) is 22.0. The van der Waals surface area contributed by atoms with Gasteiger partial charge in [-0.1, -0.05) is 122 Å². The fourth-order valence-electron chi connectivity index (χ4n) is 6.26. The molecule has 45 heavy (non-hydrogen) atoms. The smallest absolute Gasteiger partial charge is 0.308 e. The van der Waals surface area contributed by atoms with Crippen LogP contribution in [-0.2, 0) is 28.5 Å². The molecule has 8 nitrogen and oxygen atoms in total. The summed E-state index contributed by atoms with van der Waals surface area (Å²) in [5.74, 6) is -0.805. The van der Waals surface area contributed by atoms with Crippen LogP contribution in [0.15, 0.2) is 0 Å². The number of ether oxygens (including phenoxy) is 4. The van der Waals surface area contributed by atoms with E-state index in [1.165, 1.54) is 70.6 Å². The van der Waals surface area contributed by atoms with Crippen LogP contribution >= 0.6 is 0 Å². The van der Waals surface area contributed by atoms with Crippen molar-refractivity contribution < 1.29 is 38.7 Å². The van der Waals surface area contributed by atoms with Gasteiger partial charge in [0.1, 0.15) is 0 Å². The van der Waals surface area contributed by atoms with E-state index >= 15 is 0 Å². The van der Waals surface area contributed by atoms with E-state index in [2.05, 4.69) is 6.92 Å². The maximum Gasteiger partial charge on any atom is 0.308 e. The minimum absolute atomic E-state index is 0.275. The first-order valence-electron chi connectivity index (χ1n) is 19.0. The molecule has 0 aromatic heterocycles. The highest BCUT2D eigenvalue weighted by Crippen LogP contribution is 2.33. The Morgan fingerprint density at radius 3 is 1.38 bits per heavy atom. The van der Waals surface area contributed by atoms with Gasteiger partial charge in [0, 0.05) is 19.4 Å². The Hall–Kier alpha value is -1.22. The van der Waals surface area contributed by atoms with Gasteiger partial charge in [0.05, 0.1) is 24.4 Å². The van der Waals surface area contributed by atoms with Crippen LogP contribution in [0.3, 0.4) is 0 Å². The van der Waals surface area contributed by atoms with Crippen molar-refractivity contribution in [3.05, 3.63) is 0 Å². The van der Waals surface area contributed by atoms with Crippen LogP contribution in [0.25, 0.3) is 0 Å². The third-order valence-corrected chi connectivity index (χ3v) is 9.26. The van der Waals surface area contributed by atoms with Crippen LogP contribution in [-0.4, -0.2) is 66.1 Å². The summed E-state index contributed by atoms with van der Waals surface area (Å²) < 4.78 is 21.7. The molecule has 0 aliphatic carbocycles. The van der Waals surface area contributed by atoms with Crippen molar-refractivity contribution in [2.45, 2.75) is 211 Å². The zero-order valence-electron chi connectivity index (χ0n) is 28.7. The van der Waals surface area contributed by atoms with E-state index in [-0.39, 0.29) is 19.0 Å². The van der Waals surface area contributed by atoms with Gasteiger partial charge in [-0.05, 0) is 44.9 Å². The van der Waals surface area contributed by atoms with Gasteiger partial charge in [-0.25, -0.2) is 0 Å². The topological polar surface area (TPSA) is 118 Å². The third kappa shape index (κ3) is 22.9. The number of hydrogen-bond donors (Lipinski definition) is 2. The molecule has 0 aromatic carbocycles. The van der Waals surface area contributed by atoms with Crippen LogP contribution in [0.4, 0.5) is 0 Å². The summed E-state index contributed by atoms with van der Waals surface area (Å²) in [6.45, 7) is 2.25. The van der Waals surface area contributed by atoms with Crippen molar-refractivity contribution in [1.82, 2.24) is 0 Å². The van der Waals surface area contributed by atoms with Crippen LogP contribution in [0.2, 0.25) is 0 Å². The second kappa shape index (κ2) is 26.8. The quantitative estimate of drug-likeness (QED) is 0.0317. The van der Waals surface area contributed by atoms with E-state index in [1.807, 2.05) is 0 Å². The Balaban J connectivity index is 1.28. The summed E-state index contributed by atoms with van der Waals surface area (Å²) in [7, 11) is 0. The molecule has 0 saturated carbocycles. The maximum atomic E-state index is 12.0. The van der Waals surface area contributed by atoms with Crippen LogP contribution in [0.1, 0.15) is 180 Å². The van der Waals surface area contributed by atoms with E-state index < -0.39 is 12.3 Å². The zero-order chi connectivity index (χ0) is 32.4. The fraction of sp³-hybridized carbons (Fsp3) is 0.946. The van der Waals surface area contributed by atoms with E-state index in [1.54, 1.807) is 0 Å². The lowest BCUT2D eigenvalue weighted by molar-refractivity contribution is -0.182. The van der Waals surface area contributed by atoms with Crippen molar-refractivity contribution in [3.63, 3.8) is 0 Å². The molecule has 2 heterocycles. The minimum atomic E-state index is -1.40. The Kier molecular flexibility index (Phi) is 23.8. The van der Waals surface area contributed by atoms with Crippen LogP contribution < -0.4 is 0 Å². The number of carbonyl (C=O) groups is 2. The van der Waals surface area contributed by atoms with Gasteiger partial charge in [0.15, 0.2) is 6.61 Å². The van der Waals surface area contributed by atoms with Crippen molar-refractivity contribution in [1.29, 1.82) is 0 Å². The Morgan fingerprint density at radius 2 is 0.933 bits per heavy atom. The third-order valence-electron chi connectivity index (χ3n) is 9.26. The molecule has 2 fully saturated rings. The second-order valence-electron chi connectivity index (χ2n) is 13.5. The first kappa shape index (κ1) is 40.0. The largest absolute Gasteiger partial charge is 0.459 e. The number of aliphatic hydroxyl groups excluding tert-OH is 2. The zero-order valence-corrected chi connectivity index (χ0v) is 28.7. The minimum Gasteiger partial charge on any atom is -0.459 e. The van der Waals surface area contributed by atoms with Crippen molar-refractivity contribution in [2.24, 2.45) is 0 Å². The molecule has 0 aromatic rings. The van der Waals surface area contributed by atoms with Gasteiger partial charge >= 0.3 is 11.9 Å². The standard InChI is InChI=1S/C37H68O8/c1-2-3-4-5-9-16-23-31-32(43-31)25-18-11-7-14-21-28-36(40)45-37(41)30-42-35(39)27-20-13-6-10-17-24-33-34(44-33)26-19-12-8-15-22-29-38/h31-34,37-38,41H,2-30H2,1H3. The van der Waals surface area contributed by atoms with Crippen LogP contribution in [0, 0.1) is 0 Å². The average Bonchev–Trinajstić information content (AvgIpc) is 3.95. The number of hydrogen-bond acceptors (Lipinski definition) is 8. The Bertz CT molecular complexity index is 731. The lowest BCUT2D eigenvalue weighted by Crippen LogP contribution is -2.24. The number of rotatable bonds is 33. The molecule has 5 atom stereocenters. The molecule has 0 amide bonds. The Morgan fingerprint density at radius 1 is 0.556 bits per heavy atom. The van der Waals surface area contributed by atoms with E-state index in [9.17, 15) is 14.7 Å². The van der Waals surface area contributed by atoms with Crippen molar-refractivity contribution >= 4 is 11.9 Å². The lowest BCUT2D eigenvalue weighted by atomic mass is 10.0. The number of unbranched alkanes of at least 4 members (excludes halogenated alkanes) is 17. The molecule has 0 radical (unpaired) electrons. The van der Waals surface area contributed by atoms with E-state index in [0.29, 0.717) is 37.4 Å². The van der Waals surface area contributed by atoms with Crippen LogP contribution in [0.5, 0.6) is 0 Å². The average molecular weight is 641 g/mol. The number of epoxide rings is 2. The highest BCUT2D eigenvalue weighted by molar-refractivity contribution is 5.70. The SMILES string of the molecule is CCCCCCCCC1OC1CCCCCCCC(=O)OC(O)COC(=O)CCCCCCCC1OC1CCCCCCCO. The predicted octanol–water partition coefficient (Wildman–Crippen LogP) is 8.47. The van der Waals surface area contributed by atoms with E-state index in [0.717, 1.165) is 89.9 Å². The molecule has 2 N–H and O–H groups in total. The summed E-state index contributed by atoms with van der Waals surface area (Å²) in [6, 6.07) is 0. The summed E-state index contributed by atoms with van der Waals surface area (Å²) in [5.41, 5.74) is 0. The molecule has 2 rings (SSSR count). The molecule has 2 aliphatic rings. The maximum absolute atomic E-state index is 12.0. The molecule has 0 spiro atoms. The van der Waals surface area contributed by atoms with Gasteiger partial charge < -0.3 is 29.2 Å². The summed E-state index contributed by atoms with van der Waals surface area (Å²) in [5, 5.41) is 18.7. The summed E-state index contributed by atoms with van der Waals surface area (Å²) >= 11 is 0. The highest BCUT2D eigenvalue weighted by Gasteiger charge is 2.37.